The second kappa shape index (κ2) is 53.9. The molecule has 0 aliphatic carbocycles. The van der Waals surface area contributed by atoms with Crippen LogP contribution in [0.4, 0.5) is 0 Å². The Hall–Kier alpha value is -2.79. The Bertz CT molecular complexity index is 2040. The maximum Gasteiger partial charge on any atom is 0.364 e. The van der Waals surface area contributed by atoms with Gasteiger partial charge >= 0.3 is 5.97 Å². The fourth-order valence-electron chi connectivity index (χ4n) is 13.3. The zero-order valence-corrected chi connectivity index (χ0v) is 59.7. The van der Waals surface area contributed by atoms with Crippen LogP contribution in [-0.4, -0.2) is 215 Å². The van der Waals surface area contributed by atoms with E-state index in [0.717, 1.165) is 77.6 Å². The summed E-state index contributed by atoms with van der Waals surface area (Å²) in [5, 5.41) is 136. The molecule has 0 spiro atoms. The monoisotopic (exact) mass is 1390 g/mol. The van der Waals surface area contributed by atoms with Gasteiger partial charge in [-0.2, -0.15) is 0 Å². The van der Waals surface area contributed by atoms with Crippen LogP contribution in [0.25, 0.3) is 0 Å². The van der Waals surface area contributed by atoms with Gasteiger partial charge in [0.1, 0.15) is 67.1 Å². The number of carbonyl (C=O) groups is 3. The highest BCUT2D eigenvalue weighted by Crippen LogP contribution is 2.39. The van der Waals surface area contributed by atoms with Crippen molar-refractivity contribution in [1.29, 1.82) is 0 Å². The molecule has 14 N–H and O–H groups in total. The van der Waals surface area contributed by atoms with Crippen molar-refractivity contribution in [2.45, 2.75) is 400 Å². The van der Waals surface area contributed by atoms with Crippen molar-refractivity contribution < 1.29 is 104 Å². The Kier molecular flexibility index (Phi) is 49.2. The molecule has 568 valence electrons. The van der Waals surface area contributed by atoms with Gasteiger partial charge < -0.3 is 100 Å². The molecule has 2 amide bonds. The van der Waals surface area contributed by atoms with Gasteiger partial charge in [0.15, 0.2) is 12.6 Å². The van der Waals surface area contributed by atoms with Crippen molar-refractivity contribution >= 4 is 17.8 Å². The Morgan fingerprint density at radius 1 is 0.536 bits per heavy atom. The number of rotatable bonds is 59. The molecule has 0 radical (unpaired) electrons. The molecular weight excluding hydrogens is 1250 g/mol. The van der Waals surface area contributed by atoms with Crippen molar-refractivity contribution in [3.63, 3.8) is 0 Å². The highest BCUT2D eigenvalue weighted by Gasteiger charge is 2.60. The number of carbonyl (C=O) groups excluding carboxylic acids is 2. The van der Waals surface area contributed by atoms with Crippen LogP contribution in [0, 0.1) is 0 Å². The summed E-state index contributed by atoms with van der Waals surface area (Å²) < 4.78 is 34.9. The summed E-state index contributed by atoms with van der Waals surface area (Å²) in [6.45, 7) is 2.17. The molecule has 23 heteroatoms. The van der Waals surface area contributed by atoms with Gasteiger partial charge in [-0.15, -0.1) is 0 Å². The van der Waals surface area contributed by atoms with Crippen LogP contribution in [0.3, 0.4) is 0 Å². The smallest absolute Gasteiger partial charge is 0.364 e. The molecule has 0 bridgehead atoms. The summed E-state index contributed by atoms with van der Waals surface area (Å²) in [5.41, 5.74) is 0. The molecule has 97 heavy (non-hydrogen) atoms. The SMILES string of the molecule is CCCCCCCCCCCC/C=C\CCCCCCCCCC(=O)NC(COC1OC(CO)C(OC2OC(CO)C(O)C(OC3(C(=O)O)CC(O)C(NC(C)=O)C(C(O)C(O)CO)O3)C2O)C(O)C1O)C(O)/C=C/CCCCCCCCCCCCCCCCCCCCCC. The summed E-state index contributed by atoms with van der Waals surface area (Å²) >= 11 is 0. The average molecular weight is 1390 g/mol. The number of carboxylic acids is 1. The molecule has 3 aliphatic heterocycles. The summed E-state index contributed by atoms with van der Waals surface area (Å²) in [7, 11) is 0. The number of nitrogens with one attached hydrogen (secondary N) is 2. The molecule has 23 nitrogen and oxygen atoms in total. The average Bonchev–Trinajstić information content (AvgIpc) is 0.758. The summed E-state index contributed by atoms with van der Waals surface area (Å²) in [4.78, 5) is 38.6. The minimum Gasteiger partial charge on any atom is -0.477 e. The first-order valence-corrected chi connectivity index (χ1v) is 38.2. The lowest BCUT2D eigenvalue weighted by molar-refractivity contribution is -0.386. The number of carboxylic acid groups (broad SMARTS) is 1. The molecule has 3 rings (SSSR count). The Morgan fingerprint density at radius 2 is 0.969 bits per heavy atom. The summed E-state index contributed by atoms with van der Waals surface area (Å²) in [6, 6.07) is -2.62. The number of hydrogen-bond donors (Lipinski definition) is 14. The summed E-state index contributed by atoms with van der Waals surface area (Å²) in [6.07, 6.45) is 27.8. The van der Waals surface area contributed by atoms with Crippen LogP contribution in [0.5, 0.6) is 0 Å². The largest absolute Gasteiger partial charge is 0.477 e. The van der Waals surface area contributed by atoms with E-state index < -0.39 is 155 Å². The van der Waals surface area contributed by atoms with Crippen molar-refractivity contribution in [3.8, 4) is 0 Å². The van der Waals surface area contributed by atoms with Crippen molar-refractivity contribution in [3.05, 3.63) is 24.3 Å². The Balaban J connectivity index is 1.56. The summed E-state index contributed by atoms with van der Waals surface area (Å²) in [5.74, 6) is -6.14. The zero-order chi connectivity index (χ0) is 71.1. The molecule has 0 saturated carbocycles. The minimum absolute atomic E-state index is 0.196. The molecule has 3 aliphatic rings. The van der Waals surface area contributed by atoms with Gasteiger partial charge in [-0.05, 0) is 44.9 Å². The van der Waals surface area contributed by atoms with Crippen LogP contribution in [0.15, 0.2) is 24.3 Å². The third kappa shape index (κ3) is 35.3. The number of amides is 2. The molecule has 0 aromatic rings. The number of ether oxygens (including phenoxy) is 6. The first-order valence-electron chi connectivity index (χ1n) is 38.2. The number of allylic oxidation sites excluding steroid dienone is 3. The highest BCUT2D eigenvalue weighted by molar-refractivity contribution is 5.77. The van der Waals surface area contributed by atoms with E-state index in [1.54, 1.807) is 6.08 Å². The molecule has 0 aromatic carbocycles. The number of aliphatic hydroxyl groups is 11. The van der Waals surface area contributed by atoms with Crippen LogP contribution >= 0.6 is 0 Å². The van der Waals surface area contributed by atoms with Gasteiger partial charge in [0.05, 0.1) is 50.7 Å². The van der Waals surface area contributed by atoms with E-state index in [0.29, 0.717) is 12.8 Å². The number of unbranched alkanes of at least 4 members (excludes halogenated alkanes) is 37. The van der Waals surface area contributed by atoms with Gasteiger partial charge in [-0.3, -0.25) is 9.59 Å². The fourth-order valence-corrected chi connectivity index (χ4v) is 13.3. The number of aliphatic carboxylic acids is 1. The topological polar surface area (TPSA) is 373 Å². The van der Waals surface area contributed by atoms with Crippen LogP contribution in [-0.2, 0) is 42.8 Å². The van der Waals surface area contributed by atoms with E-state index >= 15 is 0 Å². The first-order chi connectivity index (χ1) is 46.9. The van der Waals surface area contributed by atoms with Crippen molar-refractivity contribution in [2.24, 2.45) is 0 Å². The molecule has 18 atom stereocenters. The molecule has 3 saturated heterocycles. The van der Waals surface area contributed by atoms with Crippen LogP contribution in [0.2, 0.25) is 0 Å². The lowest BCUT2D eigenvalue weighted by Crippen LogP contribution is -2.70. The van der Waals surface area contributed by atoms with Crippen molar-refractivity contribution in [1.82, 2.24) is 10.6 Å². The van der Waals surface area contributed by atoms with Gasteiger partial charge in [0.25, 0.3) is 5.79 Å². The van der Waals surface area contributed by atoms with E-state index in [2.05, 4.69) is 36.6 Å². The van der Waals surface area contributed by atoms with Gasteiger partial charge in [-0.25, -0.2) is 4.79 Å². The van der Waals surface area contributed by atoms with E-state index in [4.69, 9.17) is 28.4 Å². The predicted molar refractivity (Wildman–Crippen MR) is 371 cm³/mol. The Labute approximate surface area is 581 Å². The predicted octanol–water partition coefficient (Wildman–Crippen LogP) is 8.79. The number of hydrogen-bond acceptors (Lipinski definition) is 20. The first kappa shape index (κ1) is 88.4. The van der Waals surface area contributed by atoms with E-state index in [1.807, 2.05) is 6.08 Å². The second-order valence-corrected chi connectivity index (χ2v) is 27.9. The number of aliphatic hydroxyl groups excluding tert-OH is 11. The second-order valence-electron chi connectivity index (χ2n) is 27.9. The van der Waals surface area contributed by atoms with Gasteiger partial charge in [0, 0.05) is 19.8 Å². The Morgan fingerprint density at radius 3 is 1.40 bits per heavy atom. The fraction of sp³-hybridized carbons (Fsp3) is 0.905. The molecule has 3 fully saturated rings. The lowest BCUT2D eigenvalue weighted by atomic mass is 9.88. The standard InChI is InChI=1S/C74H136N2O21/c1-4-6-8-10-12-14-16-18-20-22-24-26-28-29-31-33-35-37-39-41-43-45-47-56(81)55(76-61(84)48-46-44-42-40-38-36-34-32-30-27-25-23-21-19-17-15-13-11-9-7-5-2)53-92-71-66(88)65(87)68(60(52-79)94-71)95-72-67(89)70(64(86)59(51-78)93-72)97-74(73(90)91)49-57(82)62(75-54(3)80)69(96-74)63(85)58(83)50-77/h27,30,45,47,55-60,62-72,77-79,81-83,85-89H,4-26,28-29,31-44,46,48-53H2,1-3H3,(H,75,80)(H,76,84)(H,90,91)/b30-27-,47-45+. The van der Waals surface area contributed by atoms with Gasteiger partial charge in [0.2, 0.25) is 11.8 Å². The van der Waals surface area contributed by atoms with Crippen LogP contribution < -0.4 is 10.6 Å². The zero-order valence-electron chi connectivity index (χ0n) is 59.7. The van der Waals surface area contributed by atoms with Gasteiger partial charge in [-0.1, -0.05) is 250 Å². The highest BCUT2D eigenvalue weighted by atomic mass is 16.8. The molecule has 3 heterocycles. The molecule has 0 aromatic heterocycles. The van der Waals surface area contributed by atoms with Crippen LogP contribution in [0.1, 0.15) is 290 Å². The maximum absolute atomic E-state index is 13.5. The normalized spacial score (nSPS) is 27.5. The minimum atomic E-state index is -3.08. The van der Waals surface area contributed by atoms with E-state index in [9.17, 15) is 75.7 Å². The maximum atomic E-state index is 13.5. The molecular formula is C74H136N2O21. The van der Waals surface area contributed by atoms with Crippen molar-refractivity contribution in [2.75, 3.05) is 26.4 Å². The lowest BCUT2D eigenvalue weighted by Gasteiger charge is -2.50. The quantitative estimate of drug-likeness (QED) is 0.0200. The third-order valence-corrected chi connectivity index (χ3v) is 19.4. The molecule has 18 unspecified atom stereocenters. The van der Waals surface area contributed by atoms with E-state index in [-0.39, 0.29) is 12.3 Å². The van der Waals surface area contributed by atoms with E-state index in [1.165, 1.54) is 173 Å². The third-order valence-electron chi connectivity index (χ3n) is 19.4.